The summed E-state index contributed by atoms with van der Waals surface area (Å²) in [5.41, 5.74) is 3.20. The van der Waals surface area contributed by atoms with E-state index in [0.717, 1.165) is 43.1 Å². The average molecular weight is 345 g/mol. The van der Waals surface area contributed by atoms with E-state index in [9.17, 15) is 4.79 Å². The summed E-state index contributed by atoms with van der Waals surface area (Å²) in [5.74, 6) is -0.0197. The SMILES string of the molecule is Cc1ccc(Nc2ccnc(C(=O)N3CCN(C)CC3)c2)cc1Cl. The Kier molecular flexibility index (Phi) is 5.02. The zero-order valence-electron chi connectivity index (χ0n) is 13.9. The van der Waals surface area contributed by atoms with Gasteiger partial charge in [-0.3, -0.25) is 9.78 Å². The molecule has 0 atom stereocenters. The van der Waals surface area contributed by atoms with Crippen LogP contribution in [0.3, 0.4) is 0 Å². The van der Waals surface area contributed by atoms with E-state index in [1.165, 1.54) is 0 Å². The Bertz CT molecular complexity index is 742. The monoisotopic (exact) mass is 344 g/mol. The first-order chi connectivity index (χ1) is 11.5. The summed E-state index contributed by atoms with van der Waals surface area (Å²) in [5, 5.41) is 3.98. The van der Waals surface area contributed by atoms with E-state index in [1.807, 2.05) is 36.1 Å². The lowest BCUT2D eigenvalue weighted by molar-refractivity contribution is 0.0658. The van der Waals surface area contributed by atoms with Gasteiger partial charge in [-0.2, -0.15) is 0 Å². The molecule has 0 unspecified atom stereocenters. The van der Waals surface area contributed by atoms with Crippen molar-refractivity contribution < 1.29 is 4.79 Å². The van der Waals surface area contributed by atoms with Gasteiger partial charge in [0.25, 0.3) is 5.91 Å². The number of hydrogen-bond acceptors (Lipinski definition) is 4. The maximum Gasteiger partial charge on any atom is 0.272 e. The summed E-state index contributed by atoms with van der Waals surface area (Å²) in [6, 6.07) is 9.42. The molecule has 0 saturated carbocycles. The lowest BCUT2D eigenvalue weighted by Gasteiger charge is -2.32. The summed E-state index contributed by atoms with van der Waals surface area (Å²) in [6.45, 7) is 5.23. The number of amides is 1. The Morgan fingerprint density at radius 2 is 1.83 bits per heavy atom. The van der Waals surface area contributed by atoms with Gasteiger partial charge >= 0.3 is 0 Å². The normalized spacial score (nSPS) is 15.4. The van der Waals surface area contributed by atoms with Crippen LogP contribution in [0.1, 0.15) is 16.1 Å². The maximum atomic E-state index is 12.6. The first kappa shape index (κ1) is 16.7. The molecule has 0 bridgehead atoms. The number of aryl methyl sites for hydroxylation is 1. The van der Waals surface area contributed by atoms with Crippen molar-refractivity contribution in [3.05, 3.63) is 52.8 Å². The fourth-order valence-corrected chi connectivity index (χ4v) is 2.81. The van der Waals surface area contributed by atoms with Crippen LogP contribution in [0.15, 0.2) is 36.5 Å². The lowest BCUT2D eigenvalue weighted by Crippen LogP contribution is -2.47. The van der Waals surface area contributed by atoms with Crippen LogP contribution in [0.25, 0.3) is 0 Å². The highest BCUT2D eigenvalue weighted by molar-refractivity contribution is 6.31. The number of rotatable bonds is 3. The number of hydrogen-bond donors (Lipinski definition) is 1. The Morgan fingerprint density at radius 3 is 2.54 bits per heavy atom. The van der Waals surface area contributed by atoms with Crippen molar-refractivity contribution in [3.8, 4) is 0 Å². The summed E-state index contributed by atoms with van der Waals surface area (Å²) in [6.07, 6.45) is 1.65. The van der Waals surface area contributed by atoms with Gasteiger partial charge in [0.1, 0.15) is 5.69 Å². The molecule has 0 aliphatic carbocycles. The van der Waals surface area contributed by atoms with E-state index in [4.69, 9.17) is 11.6 Å². The van der Waals surface area contributed by atoms with Gasteiger partial charge in [-0.25, -0.2) is 0 Å². The van der Waals surface area contributed by atoms with Crippen LogP contribution in [0.5, 0.6) is 0 Å². The van der Waals surface area contributed by atoms with E-state index in [2.05, 4.69) is 22.2 Å². The Labute approximate surface area is 147 Å². The van der Waals surface area contributed by atoms with Gasteiger partial charge in [-0.05, 0) is 43.8 Å². The molecule has 0 radical (unpaired) electrons. The predicted molar refractivity (Wildman–Crippen MR) is 97.1 cm³/mol. The van der Waals surface area contributed by atoms with Gasteiger partial charge in [0.15, 0.2) is 0 Å². The summed E-state index contributed by atoms with van der Waals surface area (Å²) in [7, 11) is 2.07. The number of likely N-dealkylation sites (N-methyl/N-ethyl adjacent to an activating group) is 1. The van der Waals surface area contributed by atoms with Crippen molar-refractivity contribution in [3.63, 3.8) is 0 Å². The van der Waals surface area contributed by atoms with Crippen molar-refractivity contribution >= 4 is 28.9 Å². The van der Waals surface area contributed by atoms with Crippen LogP contribution in [-0.4, -0.2) is 53.9 Å². The number of carbonyl (C=O) groups is 1. The zero-order valence-corrected chi connectivity index (χ0v) is 14.7. The average Bonchev–Trinajstić information content (AvgIpc) is 2.58. The van der Waals surface area contributed by atoms with Crippen molar-refractivity contribution in [2.75, 3.05) is 38.5 Å². The second-order valence-electron chi connectivity index (χ2n) is 6.11. The molecule has 1 aliphatic rings. The molecule has 6 heteroatoms. The quantitative estimate of drug-likeness (QED) is 0.929. The minimum atomic E-state index is -0.0197. The maximum absolute atomic E-state index is 12.6. The van der Waals surface area contributed by atoms with Gasteiger partial charge in [-0.1, -0.05) is 17.7 Å². The highest BCUT2D eigenvalue weighted by Crippen LogP contribution is 2.23. The van der Waals surface area contributed by atoms with Crippen LogP contribution in [0.4, 0.5) is 11.4 Å². The Hall–Kier alpha value is -2.11. The second kappa shape index (κ2) is 7.20. The number of carbonyl (C=O) groups excluding carboxylic acids is 1. The van der Waals surface area contributed by atoms with Crippen molar-refractivity contribution in [1.29, 1.82) is 0 Å². The van der Waals surface area contributed by atoms with Crippen molar-refractivity contribution in [1.82, 2.24) is 14.8 Å². The third-order valence-electron chi connectivity index (χ3n) is 4.23. The smallest absolute Gasteiger partial charge is 0.272 e. The molecule has 5 nitrogen and oxygen atoms in total. The molecular weight excluding hydrogens is 324 g/mol. The van der Waals surface area contributed by atoms with Crippen LogP contribution in [0, 0.1) is 6.92 Å². The molecule has 1 fully saturated rings. The molecule has 0 spiro atoms. The van der Waals surface area contributed by atoms with E-state index in [1.54, 1.807) is 12.3 Å². The fraction of sp³-hybridized carbons (Fsp3) is 0.333. The van der Waals surface area contributed by atoms with E-state index < -0.39 is 0 Å². The van der Waals surface area contributed by atoms with Gasteiger partial charge in [0.2, 0.25) is 0 Å². The van der Waals surface area contributed by atoms with Crippen LogP contribution in [0.2, 0.25) is 5.02 Å². The number of anilines is 2. The molecule has 3 rings (SSSR count). The third kappa shape index (κ3) is 3.86. The van der Waals surface area contributed by atoms with Crippen LogP contribution in [-0.2, 0) is 0 Å². The molecule has 1 aromatic carbocycles. The number of halogens is 1. The van der Waals surface area contributed by atoms with Gasteiger partial charge in [-0.15, -0.1) is 0 Å². The van der Waals surface area contributed by atoms with Gasteiger partial charge < -0.3 is 15.1 Å². The van der Waals surface area contributed by atoms with E-state index in [-0.39, 0.29) is 5.91 Å². The molecule has 24 heavy (non-hydrogen) atoms. The first-order valence-corrected chi connectivity index (χ1v) is 8.38. The number of nitrogens with one attached hydrogen (secondary N) is 1. The number of piperazine rings is 1. The van der Waals surface area contributed by atoms with Crippen molar-refractivity contribution in [2.24, 2.45) is 0 Å². The topological polar surface area (TPSA) is 48.5 Å². The molecule has 1 amide bonds. The molecule has 1 aromatic heterocycles. The largest absolute Gasteiger partial charge is 0.355 e. The zero-order chi connectivity index (χ0) is 17.1. The molecule has 1 aliphatic heterocycles. The highest BCUT2D eigenvalue weighted by atomic mass is 35.5. The molecule has 1 saturated heterocycles. The number of pyridine rings is 1. The predicted octanol–water partition coefficient (Wildman–Crippen LogP) is 3.17. The minimum absolute atomic E-state index is 0.0197. The van der Waals surface area contributed by atoms with Crippen molar-refractivity contribution in [2.45, 2.75) is 6.92 Å². The summed E-state index contributed by atoms with van der Waals surface area (Å²) >= 11 is 6.16. The van der Waals surface area contributed by atoms with Gasteiger partial charge in [0.05, 0.1) is 0 Å². The molecular formula is C18H21ClN4O. The van der Waals surface area contributed by atoms with E-state index >= 15 is 0 Å². The number of benzene rings is 1. The molecule has 2 heterocycles. The molecule has 2 aromatic rings. The fourth-order valence-electron chi connectivity index (χ4n) is 2.63. The Balaban J connectivity index is 1.73. The van der Waals surface area contributed by atoms with Crippen LogP contribution < -0.4 is 5.32 Å². The summed E-state index contributed by atoms with van der Waals surface area (Å²) < 4.78 is 0. The number of nitrogens with zero attached hydrogens (tertiary/aromatic N) is 3. The minimum Gasteiger partial charge on any atom is -0.355 e. The second-order valence-corrected chi connectivity index (χ2v) is 6.52. The molecule has 1 N–H and O–H groups in total. The highest BCUT2D eigenvalue weighted by Gasteiger charge is 2.21. The van der Waals surface area contributed by atoms with Crippen LogP contribution >= 0.6 is 11.6 Å². The molecule has 126 valence electrons. The standard InChI is InChI=1S/C18H21ClN4O/c1-13-3-4-14(11-16(13)19)21-15-5-6-20-17(12-15)18(24)23-9-7-22(2)8-10-23/h3-6,11-12H,7-10H2,1-2H3,(H,20,21). The Morgan fingerprint density at radius 1 is 1.12 bits per heavy atom. The first-order valence-electron chi connectivity index (χ1n) is 8.00. The van der Waals surface area contributed by atoms with E-state index in [0.29, 0.717) is 10.7 Å². The third-order valence-corrected chi connectivity index (χ3v) is 4.64. The van der Waals surface area contributed by atoms with Gasteiger partial charge in [0, 0.05) is 48.8 Å². The lowest BCUT2D eigenvalue weighted by atomic mass is 10.2. The number of aromatic nitrogens is 1. The summed E-state index contributed by atoms with van der Waals surface area (Å²) in [4.78, 5) is 20.9.